The molecule has 1 heterocycles. The van der Waals surface area contributed by atoms with Crippen molar-refractivity contribution in [3.63, 3.8) is 0 Å². The number of benzene rings is 2. The number of hydrogen-bond acceptors (Lipinski definition) is 7. The van der Waals surface area contributed by atoms with Crippen molar-refractivity contribution in [1.29, 1.82) is 0 Å². The smallest absolute Gasteiger partial charge is 0.262 e. The lowest BCUT2D eigenvalue weighted by atomic mass is 9.97. The van der Waals surface area contributed by atoms with Gasteiger partial charge in [-0.1, -0.05) is 0 Å². The molecule has 0 radical (unpaired) electrons. The van der Waals surface area contributed by atoms with Gasteiger partial charge in [-0.25, -0.2) is 5.01 Å². The van der Waals surface area contributed by atoms with Crippen molar-refractivity contribution in [3.05, 3.63) is 53.6 Å². The second-order valence-corrected chi connectivity index (χ2v) is 7.77. The molecule has 3 rings (SSSR count). The van der Waals surface area contributed by atoms with E-state index in [2.05, 4.69) is 5.10 Å². The van der Waals surface area contributed by atoms with Gasteiger partial charge in [-0.15, -0.1) is 0 Å². The molecule has 1 unspecified atom stereocenters. The number of nitrogens with zero attached hydrogens (tertiary/aromatic N) is 3. The first kappa shape index (κ1) is 25.0. The highest BCUT2D eigenvalue weighted by atomic mass is 16.5. The van der Waals surface area contributed by atoms with E-state index in [0.29, 0.717) is 31.1 Å². The van der Waals surface area contributed by atoms with Crippen LogP contribution in [0, 0.1) is 0 Å². The van der Waals surface area contributed by atoms with Crippen molar-refractivity contribution < 1.29 is 28.5 Å². The van der Waals surface area contributed by atoms with Gasteiger partial charge in [-0.3, -0.25) is 9.59 Å². The summed E-state index contributed by atoms with van der Waals surface area (Å²) in [6, 6.07) is 12.6. The van der Waals surface area contributed by atoms with Crippen LogP contribution >= 0.6 is 0 Å². The third-order valence-corrected chi connectivity index (χ3v) is 5.72. The molecule has 1 aliphatic heterocycles. The maximum absolute atomic E-state index is 13.4. The molecule has 1 aliphatic rings. The zero-order valence-electron chi connectivity index (χ0n) is 20.2. The molecule has 0 aliphatic carbocycles. The van der Waals surface area contributed by atoms with Crippen LogP contribution in [0.4, 0.5) is 0 Å². The number of carbonyl (C=O) groups is 2. The summed E-state index contributed by atoms with van der Waals surface area (Å²) in [7, 11) is 6.33. The van der Waals surface area contributed by atoms with E-state index in [0.717, 1.165) is 22.6 Å². The van der Waals surface area contributed by atoms with Crippen LogP contribution in [0.1, 0.15) is 30.5 Å². The van der Waals surface area contributed by atoms with E-state index >= 15 is 0 Å². The van der Waals surface area contributed by atoms with Gasteiger partial charge in [0.05, 0.1) is 39.7 Å². The minimum Gasteiger partial charge on any atom is -0.497 e. The van der Waals surface area contributed by atoms with E-state index in [1.54, 1.807) is 34.5 Å². The van der Waals surface area contributed by atoms with Crippen LogP contribution in [0.25, 0.3) is 0 Å². The Bertz CT molecular complexity index is 1040. The van der Waals surface area contributed by atoms with E-state index in [-0.39, 0.29) is 18.4 Å². The highest BCUT2D eigenvalue weighted by Crippen LogP contribution is 2.39. The molecule has 1 atom stereocenters. The third-order valence-electron chi connectivity index (χ3n) is 5.72. The molecule has 0 spiro atoms. The molecular weight excluding hydrogens is 438 g/mol. The van der Waals surface area contributed by atoms with Crippen molar-refractivity contribution in [2.75, 3.05) is 48.1 Å². The Hall–Kier alpha value is -3.59. The number of rotatable bonds is 10. The number of amides is 2. The Morgan fingerprint density at radius 1 is 1.00 bits per heavy atom. The minimum absolute atomic E-state index is 0.110. The Morgan fingerprint density at radius 3 is 2.26 bits per heavy atom. The first-order valence-electron chi connectivity index (χ1n) is 10.9. The summed E-state index contributed by atoms with van der Waals surface area (Å²) in [5.74, 6) is 1.49. The van der Waals surface area contributed by atoms with Crippen LogP contribution < -0.4 is 14.2 Å². The normalized spacial score (nSPS) is 15.0. The molecule has 0 fully saturated rings. The van der Waals surface area contributed by atoms with Gasteiger partial charge in [-0.2, -0.15) is 5.10 Å². The molecule has 34 heavy (non-hydrogen) atoms. The minimum atomic E-state index is -0.425. The van der Waals surface area contributed by atoms with Gasteiger partial charge in [0.1, 0.15) is 23.8 Å². The maximum atomic E-state index is 13.4. The van der Waals surface area contributed by atoms with E-state index < -0.39 is 6.04 Å². The first-order chi connectivity index (χ1) is 16.4. The Labute approximate surface area is 199 Å². The van der Waals surface area contributed by atoms with Crippen molar-refractivity contribution in [1.82, 2.24) is 9.91 Å². The molecular formula is C25H31N3O6. The predicted molar refractivity (Wildman–Crippen MR) is 127 cm³/mol. The average Bonchev–Trinajstić information content (AvgIpc) is 3.31. The molecule has 2 aromatic rings. The molecule has 2 aromatic carbocycles. The van der Waals surface area contributed by atoms with E-state index in [1.807, 2.05) is 36.4 Å². The second kappa shape index (κ2) is 11.5. The van der Waals surface area contributed by atoms with Gasteiger partial charge in [0.15, 0.2) is 0 Å². The summed E-state index contributed by atoms with van der Waals surface area (Å²) >= 11 is 0. The number of hydrazone groups is 1. The fourth-order valence-corrected chi connectivity index (χ4v) is 3.83. The lowest BCUT2D eigenvalue weighted by molar-refractivity contribution is -0.141. The Balaban J connectivity index is 1.98. The van der Waals surface area contributed by atoms with Gasteiger partial charge in [0, 0.05) is 32.6 Å². The predicted octanol–water partition coefficient (Wildman–Crippen LogP) is 2.89. The highest BCUT2D eigenvalue weighted by molar-refractivity contribution is 6.03. The number of methoxy groups -OCH3 is 4. The lowest BCUT2D eigenvalue weighted by Gasteiger charge is -2.27. The maximum Gasteiger partial charge on any atom is 0.262 e. The lowest BCUT2D eigenvalue weighted by Crippen LogP contribution is -2.41. The summed E-state index contributed by atoms with van der Waals surface area (Å²) in [4.78, 5) is 27.0. The molecule has 0 N–H and O–H groups in total. The summed E-state index contributed by atoms with van der Waals surface area (Å²) in [5.41, 5.74) is 2.40. The molecule has 9 heteroatoms. The van der Waals surface area contributed by atoms with Crippen molar-refractivity contribution in [2.45, 2.75) is 19.4 Å². The quantitative estimate of drug-likeness (QED) is 0.532. The zero-order valence-corrected chi connectivity index (χ0v) is 20.2. The van der Waals surface area contributed by atoms with Gasteiger partial charge in [0.25, 0.3) is 5.91 Å². The van der Waals surface area contributed by atoms with Crippen LogP contribution in [-0.4, -0.2) is 75.6 Å². The molecule has 9 nitrogen and oxygen atoms in total. The third kappa shape index (κ3) is 5.66. The Kier molecular flexibility index (Phi) is 8.48. The molecule has 2 amide bonds. The van der Waals surface area contributed by atoms with E-state index in [9.17, 15) is 9.59 Å². The fourth-order valence-electron chi connectivity index (χ4n) is 3.83. The molecule has 0 saturated carbocycles. The standard InChI is InChI=1S/C25H31N3O6/c1-17(29)27(12-13-31-2)16-25(30)28-23(21-14-20(33-4)10-11-24(21)34-5)15-22(26-28)18-6-8-19(32-3)9-7-18/h6-11,14,23H,12-13,15-16H2,1-5H3. The topological polar surface area (TPSA) is 89.9 Å². The van der Waals surface area contributed by atoms with Crippen LogP contribution in [0.5, 0.6) is 17.2 Å². The Morgan fingerprint density at radius 2 is 1.68 bits per heavy atom. The summed E-state index contributed by atoms with van der Waals surface area (Å²) < 4.78 is 21.3. The number of hydrogen-bond donors (Lipinski definition) is 0. The monoisotopic (exact) mass is 469 g/mol. The SMILES string of the molecule is COCCN(CC(=O)N1N=C(c2ccc(OC)cc2)CC1c1cc(OC)ccc1OC)C(C)=O. The number of ether oxygens (including phenoxy) is 4. The van der Waals surface area contributed by atoms with Gasteiger partial charge < -0.3 is 23.8 Å². The van der Waals surface area contributed by atoms with Crippen molar-refractivity contribution >= 4 is 17.5 Å². The molecule has 0 bridgehead atoms. The van der Waals surface area contributed by atoms with Crippen LogP contribution in [0.15, 0.2) is 47.6 Å². The highest BCUT2D eigenvalue weighted by Gasteiger charge is 2.36. The largest absolute Gasteiger partial charge is 0.497 e. The summed E-state index contributed by atoms with van der Waals surface area (Å²) in [6.07, 6.45) is 0.472. The van der Waals surface area contributed by atoms with Crippen LogP contribution in [-0.2, 0) is 14.3 Å². The molecule has 0 saturated heterocycles. The molecule has 0 aromatic heterocycles. The summed E-state index contributed by atoms with van der Waals surface area (Å²) in [6.45, 7) is 1.97. The van der Waals surface area contributed by atoms with E-state index in [1.165, 1.54) is 16.8 Å². The van der Waals surface area contributed by atoms with Gasteiger partial charge in [-0.05, 0) is 48.0 Å². The van der Waals surface area contributed by atoms with Crippen LogP contribution in [0.2, 0.25) is 0 Å². The number of carbonyl (C=O) groups excluding carboxylic acids is 2. The fraction of sp³-hybridized carbons (Fsp3) is 0.400. The first-order valence-corrected chi connectivity index (χ1v) is 10.9. The molecule has 182 valence electrons. The average molecular weight is 470 g/mol. The second-order valence-electron chi connectivity index (χ2n) is 7.77. The van der Waals surface area contributed by atoms with Crippen LogP contribution in [0.3, 0.4) is 0 Å². The van der Waals surface area contributed by atoms with Crippen molar-refractivity contribution in [3.8, 4) is 17.2 Å². The van der Waals surface area contributed by atoms with Gasteiger partial charge >= 0.3 is 0 Å². The van der Waals surface area contributed by atoms with Gasteiger partial charge in [0.2, 0.25) is 5.91 Å². The van der Waals surface area contributed by atoms with E-state index in [4.69, 9.17) is 18.9 Å². The zero-order chi connectivity index (χ0) is 24.7. The van der Waals surface area contributed by atoms with Crippen molar-refractivity contribution in [2.24, 2.45) is 5.10 Å². The summed E-state index contributed by atoms with van der Waals surface area (Å²) in [5, 5.41) is 6.13.